The third-order valence-corrected chi connectivity index (χ3v) is 26.7. The maximum Gasteiger partial charge on any atom is 0.343 e. The number of fused-ring (bicyclic) bond motifs is 10. The van der Waals surface area contributed by atoms with Crippen molar-refractivity contribution in [3.05, 3.63) is 212 Å². The normalized spacial score (nSPS) is 14.4. The minimum absolute atomic E-state index is 0. The molecule has 2 aromatic carbocycles. The fourth-order valence-corrected chi connectivity index (χ4v) is 19.0. The van der Waals surface area contributed by atoms with E-state index in [9.17, 15) is 58.2 Å². The summed E-state index contributed by atoms with van der Waals surface area (Å²) in [7, 11) is 15.9. The number of thiol groups is 1. The highest BCUT2D eigenvalue weighted by Crippen LogP contribution is 2.42. The molecule has 6 N–H and O–H groups in total. The lowest BCUT2D eigenvalue weighted by atomic mass is 9.86. The van der Waals surface area contributed by atoms with Gasteiger partial charge in [-0.1, -0.05) is 103 Å². The Kier molecular flexibility index (Phi) is 40.9. The molecule has 8 aromatic heterocycles. The number of ether oxygens (including phenoxy) is 5. The van der Waals surface area contributed by atoms with E-state index in [2.05, 4.69) is 52.4 Å². The zero-order valence-corrected chi connectivity index (χ0v) is 73.5. The molecule has 648 valence electrons. The number of carboxylic acids is 2. The highest BCUT2D eigenvalue weighted by molar-refractivity contribution is 8.77. The fourth-order valence-electron chi connectivity index (χ4n) is 11.7. The van der Waals surface area contributed by atoms with Crippen LogP contribution in [-0.2, 0) is 90.1 Å². The lowest BCUT2D eigenvalue weighted by molar-refractivity contribution is -0.172. The lowest BCUT2D eigenvalue weighted by Gasteiger charge is -2.31. The van der Waals surface area contributed by atoms with Crippen LogP contribution in [0.5, 0.6) is 11.5 Å². The second-order valence-electron chi connectivity index (χ2n) is 25.5. The predicted molar refractivity (Wildman–Crippen MR) is 489 cm³/mol. The molecule has 39 heteroatoms. The van der Waals surface area contributed by atoms with Gasteiger partial charge in [0.05, 0.1) is 96.2 Å². The van der Waals surface area contributed by atoms with Crippen LogP contribution in [0.25, 0.3) is 44.6 Å². The van der Waals surface area contributed by atoms with E-state index in [1.807, 2.05) is 84.9 Å². The summed E-state index contributed by atoms with van der Waals surface area (Å²) in [6.45, 7) is 4.77. The Morgan fingerprint density at radius 1 is 0.541 bits per heavy atom. The number of esters is 4. The highest BCUT2D eigenvalue weighted by Gasteiger charge is 2.47. The van der Waals surface area contributed by atoms with E-state index in [0.29, 0.717) is 101 Å². The number of hydrogen-bond donors (Lipinski definition) is 7. The molecular weight excluding hydrogens is 1760 g/mol. The zero-order chi connectivity index (χ0) is 86.9. The number of carbonyl (C=O) groups is 8. The van der Waals surface area contributed by atoms with Crippen LogP contribution in [0.4, 0.5) is 0 Å². The quantitative estimate of drug-likeness (QED) is 0.00403. The van der Waals surface area contributed by atoms with Crippen molar-refractivity contribution in [3.63, 3.8) is 0 Å². The smallest absolute Gasteiger partial charge is 0.343 e. The average Bonchev–Trinajstić information content (AvgIpc) is 1.67. The molecule has 14 rings (SSSR count). The molecule has 12 heterocycles. The number of carbonyl (C=O) groups excluding carboxylic acids is 6. The zero-order valence-electron chi connectivity index (χ0n) is 65.9. The van der Waals surface area contributed by atoms with Gasteiger partial charge in [0.15, 0.2) is 11.2 Å². The Morgan fingerprint density at radius 3 is 1.32 bits per heavy atom. The minimum atomic E-state index is -1.89. The van der Waals surface area contributed by atoms with Gasteiger partial charge in [-0.2, -0.15) is 12.6 Å². The molecule has 10 aromatic rings. The Balaban J connectivity index is 0.000000240. The number of aliphatic hydroxyl groups is 2. The number of nitrogens with one attached hydrogen (secondary N) is 2. The van der Waals surface area contributed by atoms with E-state index in [1.165, 1.54) is 54.0 Å². The van der Waals surface area contributed by atoms with Crippen molar-refractivity contribution < 1.29 is 83.8 Å². The molecule has 4 aliphatic heterocycles. The number of aliphatic carboxylic acids is 2. The van der Waals surface area contributed by atoms with Crippen LogP contribution in [0.2, 0.25) is 0 Å². The monoisotopic (exact) mass is 1850 g/mol. The molecule has 0 spiro atoms. The van der Waals surface area contributed by atoms with Crippen molar-refractivity contribution in [3.8, 4) is 34.3 Å². The summed E-state index contributed by atoms with van der Waals surface area (Å²) in [5, 5.41) is 49.0. The molecule has 122 heavy (non-hydrogen) atoms. The first-order valence-electron chi connectivity index (χ1n) is 37.7. The minimum Gasteiger partial charge on any atom is -0.481 e. The van der Waals surface area contributed by atoms with Crippen molar-refractivity contribution in [2.45, 2.75) is 138 Å². The van der Waals surface area contributed by atoms with E-state index >= 15 is 0 Å². The number of pyridine rings is 8. The first kappa shape index (κ1) is 98.4. The summed E-state index contributed by atoms with van der Waals surface area (Å²) in [6, 6.07) is 40.6. The molecule has 0 radical (unpaired) electrons. The summed E-state index contributed by atoms with van der Waals surface area (Å²) >= 11 is 3.68. The molecule has 0 aliphatic carbocycles. The Morgan fingerprint density at radius 2 is 0.943 bits per heavy atom. The molecule has 1 unspecified atom stereocenters. The standard InChI is InChI=1S/C31H34N4O9S2.C28H23N3O6S2.C10H8N2S2.C8H9NO2S2.C3H6O2S.CH5P.2CH4/c1-3-31(41)22-14-24-28-19(15-35(24)29(39)21(22)16-43-30(31)40)12-18-13-20(4-5-23(18)34-28)44-27(38)8-11-45-46-17-33-26(37)7-6-25(36)32-9-10-42-2;1-2-28(35)20-13-22-25-17(14-31(22)26(33)19(20)15-36-27(28)34)11-16-12-18(6-7-21(16)30-25)37-24(32)8-10-38-39-23-5-3-4-9-29-23;1-3-7-11-9(5-1)13-14-10-6-2-4-8-12-10;10-8(11)4-6-12-13-7-3-1-2-5-9-7;4-3(5)1-2-6;1-2;;/h4-5,12-14,41H,3,6-11,15-17H2,1-2H3,(H,32,36)(H,33,37);3-7,9,11-13,35H,2,8,10,14-15H2,1H3;1-8H;1-3,5H,4,6H2,(H,10,11);6H,1-2H2,(H,4,5);2H2,1H3;2*1H4/t31-;28-;;;;;;/m00....../s1/i;;;;;1T;;. The van der Waals surface area contributed by atoms with Crippen molar-refractivity contribution >= 4 is 178 Å². The second-order valence-corrected chi connectivity index (χ2v) is 35.6. The van der Waals surface area contributed by atoms with Gasteiger partial charge in [0, 0.05) is 109 Å². The van der Waals surface area contributed by atoms with E-state index in [1.54, 1.807) is 136 Å². The number of hydrogen-bond acceptors (Lipinski definition) is 32. The maximum absolute atomic E-state index is 13.4. The SMILES string of the molecule is C.C.CC[C@@]1(O)C(=O)OCc2c1cc1n(c2=O)Cc2cc3cc(OC(=O)CCSSCNC(=O)CCC(=O)NCCOC)ccc3nc2-1.CC[C@@]1(O)C(=O)OCc2c1cc1n(c2=O)Cc2cc3cc(OC(=O)CCSSc4ccccn4)ccc3nc2-1.O=C(O)CCS.O=C(O)CCSSc1ccccn1.[3H]CP.c1ccc(SSc2ccccn2)nc1. The van der Waals surface area contributed by atoms with Gasteiger partial charge < -0.3 is 63.9 Å². The van der Waals surface area contributed by atoms with Gasteiger partial charge in [0.1, 0.15) is 44.8 Å². The summed E-state index contributed by atoms with van der Waals surface area (Å²) < 4.78 is 35.5. The van der Waals surface area contributed by atoms with Gasteiger partial charge in [0.25, 0.3) is 11.1 Å². The number of rotatable bonds is 31. The Bertz CT molecular complexity index is 5360. The first-order valence-corrected chi connectivity index (χ1v) is 47.7. The number of nitrogens with zero attached hydrogens (tertiary/aromatic N) is 8. The third-order valence-electron chi connectivity index (χ3n) is 17.6. The summed E-state index contributed by atoms with van der Waals surface area (Å²) in [5.74, 6) is -1.01. The first-order chi connectivity index (χ1) is 58.4. The number of amides is 2. The third kappa shape index (κ3) is 28.3. The van der Waals surface area contributed by atoms with Gasteiger partial charge in [-0.25, -0.2) is 39.5 Å². The Hall–Kier alpha value is -9.02. The summed E-state index contributed by atoms with van der Waals surface area (Å²) in [5.41, 5.74) is 1.87. The maximum atomic E-state index is 13.4. The van der Waals surface area contributed by atoms with Crippen LogP contribution in [0, 0.1) is 0 Å². The van der Waals surface area contributed by atoms with Crippen LogP contribution in [0.15, 0.2) is 188 Å². The van der Waals surface area contributed by atoms with Gasteiger partial charge in [0.2, 0.25) is 11.8 Å². The molecule has 0 bridgehead atoms. The summed E-state index contributed by atoms with van der Waals surface area (Å²) in [6.07, 6.45) is 8.15. The topological polar surface area (TPSA) is 409 Å². The Labute approximate surface area is 745 Å². The number of carboxylic acid groups (broad SMARTS) is 2. The van der Waals surface area contributed by atoms with Crippen molar-refractivity contribution in [2.24, 2.45) is 0 Å². The van der Waals surface area contributed by atoms with E-state index in [-0.39, 0.29) is 137 Å². The van der Waals surface area contributed by atoms with E-state index < -0.39 is 41.0 Å². The van der Waals surface area contributed by atoms with Crippen LogP contribution in [0.1, 0.15) is 115 Å². The molecule has 0 saturated heterocycles. The highest BCUT2D eigenvalue weighted by atomic mass is 33.1. The number of aromatic nitrogens is 8. The molecular formula is C83H93N10O19PS9. The summed E-state index contributed by atoms with van der Waals surface area (Å²) in [4.78, 5) is 146. The van der Waals surface area contributed by atoms with Crippen LogP contribution in [-0.4, -0.2) is 163 Å². The number of cyclic esters (lactones) is 2. The molecule has 0 fully saturated rings. The van der Waals surface area contributed by atoms with Crippen molar-refractivity contribution in [1.82, 2.24) is 49.7 Å². The predicted octanol–water partition coefficient (Wildman–Crippen LogP) is 14.3. The molecule has 3 atom stereocenters. The number of methoxy groups -OCH3 is 1. The van der Waals surface area contributed by atoms with Gasteiger partial charge in [-0.15, -0.1) is 9.24 Å². The molecule has 0 saturated carbocycles. The van der Waals surface area contributed by atoms with Crippen LogP contribution in [0.3, 0.4) is 0 Å². The van der Waals surface area contributed by atoms with Crippen molar-refractivity contribution in [1.29, 1.82) is 0 Å². The number of benzene rings is 2. The second kappa shape index (κ2) is 50.7. The fraction of sp³-hybridized carbons (Fsp3) is 0.325. The van der Waals surface area contributed by atoms with E-state index in [0.717, 1.165) is 42.0 Å². The molecule has 29 nitrogen and oxygen atoms in total. The van der Waals surface area contributed by atoms with E-state index in [4.69, 9.17) is 45.2 Å². The molecule has 4 aliphatic rings. The van der Waals surface area contributed by atoms with Gasteiger partial charge in [-0.3, -0.25) is 38.4 Å². The average molecular weight is 1860 g/mol. The largest absolute Gasteiger partial charge is 0.481 e. The molecule has 2 amide bonds. The lowest BCUT2D eigenvalue weighted by Crippen LogP contribution is -2.44. The van der Waals surface area contributed by atoms with Gasteiger partial charge >= 0.3 is 35.8 Å². The van der Waals surface area contributed by atoms with Gasteiger partial charge in [-0.05, 0) is 165 Å². The van der Waals surface area contributed by atoms with Crippen molar-refractivity contribution in [2.75, 3.05) is 55.8 Å². The van der Waals surface area contributed by atoms with Crippen LogP contribution < -0.4 is 31.2 Å². The van der Waals surface area contributed by atoms with Crippen LogP contribution >= 0.6 is 108 Å².